The van der Waals surface area contributed by atoms with Crippen molar-refractivity contribution in [1.82, 2.24) is 5.32 Å². The lowest BCUT2D eigenvalue weighted by Crippen LogP contribution is -2.36. The number of carbonyl (C=O) groups excluding carboxylic acids is 1. The third kappa shape index (κ3) is 3.94. The van der Waals surface area contributed by atoms with E-state index in [9.17, 15) is 18.0 Å². The van der Waals surface area contributed by atoms with Crippen LogP contribution in [0.2, 0.25) is 0 Å². The zero-order valence-electron chi connectivity index (χ0n) is 10.1. The number of hydrogen-bond acceptors (Lipinski definition) is 2. The molecule has 0 aliphatic carbocycles. The smallest absolute Gasteiger partial charge is 0.471 e. The Labute approximate surface area is 103 Å². The fraction of sp³-hybridized carbons (Fsp3) is 0.417. The minimum Gasteiger partial charge on any atom is -0.494 e. The molecule has 0 aliphatic rings. The minimum atomic E-state index is -4.85. The van der Waals surface area contributed by atoms with E-state index < -0.39 is 12.1 Å². The van der Waals surface area contributed by atoms with Gasteiger partial charge in [-0.3, -0.25) is 4.79 Å². The summed E-state index contributed by atoms with van der Waals surface area (Å²) >= 11 is 0. The minimum absolute atomic E-state index is 0.161. The highest BCUT2D eigenvalue weighted by atomic mass is 19.4. The second kappa shape index (κ2) is 5.75. The van der Waals surface area contributed by atoms with E-state index in [2.05, 4.69) is 0 Å². The van der Waals surface area contributed by atoms with Gasteiger partial charge in [0.1, 0.15) is 5.75 Å². The maximum absolute atomic E-state index is 12.0. The largest absolute Gasteiger partial charge is 0.494 e. The van der Waals surface area contributed by atoms with Crippen molar-refractivity contribution in [2.45, 2.75) is 26.6 Å². The number of alkyl halides is 3. The summed E-state index contributed by atoms with van der Waals surface area (Å²) in [7, 11) is 0. The van der Waals surface area contributed by atoms with Gasteiger partial charge in [0.25, 0.3) is 0 Å². The Balaban J connectivity index is 2.64. The summed E-state index contributed by atoms with van der Waals surface area (Å²) in [6.07, 6.45) is -4.85. The first kappa shape index (κ1) is 14.3. The van der Waals surface area contributed by atoms with E-state index >= 15 is 0 Å². The molecule has 3 nitrogen and oxygen atoms in total. The third-order valence-corrected chi connectivity index (χ3v) is 2.25. The van der Waals surface area contributed by atoms with Crippen molar-refractivity contribution in [2.75, 3.05) is 6.61 Å². The van der Waals surface area contributed by atoms with Gasteiger partial charge in [-0.15, -0.1) is 0 Å². The molecule has 0 heterocycles. The highest BCUT2D eigenvalue weighted by molar-refractivity contribution is 5.81. The van der Waals surface area contributed by atoms with Gasteiger partial charge in [0, 0.05) is 6.54 Å². The van der Waals surface area contributed by atoms with Crippen molar-refractivity contribution in [3.05, 3.63) is 29.3 Å². The van der Waals surface area contributed by atoms with Gasteiger partial charge in [-0.1, -0.05) is 12.1 Å². The van der Waals surface area contributed by atoms with Gasteiger partial charge in [-0.05, 0) is 31.0 Å². The van der Waals surface area contributed by atoms with Gasteiger partial charge in [0.2, 0.25) is 0 Å². The topological polar surface area (TPSA) is 38.3 Å². The van der Waals surface area contributed by atoms with Crippen LogP contribution in [0.1, 0.15) is 18.1 Å². The normalized spacial score (nSPS) is 11.2. The van der Waals surface area contributed by atoms with Gasteiger partial charge in [0.05, 0.1) is 6.61 Å². The summed E-state index contributed by atoms with van der Waals surface area (Å²) in [6, 6.07) is 4.98. The van der Waals surface area contributed by atoms with Crippen LogP contribution in [0.3, 0.4) is 0 Å². The lowest BCUT2D eigenvalue weighted by atomic mass is 10.1. The lowest BCUT2D eigenvalue weighted by molar-refractivity contribution is -0.173. The average Bonchev–Trinajstić information content (AvgIpc) is 2.28. The molecule has 1 aromatic rings. The summed E-state index contributed by atoms with van der Waals surface area (Å²) in [5.74, 6) is -1.25. The van der Waals surface area contributed by atoms with Crippen LogP contribution in [0, 0.1) is 6.92 Å². The molecule has 0 aliphatic heterocycles. The zero-order valence-corrected chi connectivity index (χ0v) is 10.1. The first-order valence-corrected chi connectivity index (χ1v) is 5.42. The van der Waals surface area contributed by atoms with E-state index in [0.29, 0.717) is 17.9 Å². The van der Waals surface area contributed by atoms with Gasteiger partial charge < -0.3 is 10.1 Å². The predicted molar refractivity (Wildman–Crippen MR) is 60.2 cm³/mol. The number of aryl methyl sites for hydroxylation is 1. The molecule has 6 heteroatoms. The lowest BCUT2D eigenvalue weighted by Gasteiger charge is -2.11. The molecular weight excluding hydrogens is 247 g/mol. The van der Waals surface area contributed by atoms with Crippen molar-refractivity contribution >= 4 is 5.91 Å². The van der Waals surface area contributed by atoms with E-state index in [0.717, 1.165) is 5.56 Å². The van der Waals surface area contributed by atoms with Gasteiger partial charge in [-0.2, -0.15) is 13.2 Å². The molecule has 1 N–H and O–H groups in total. The molecule has 0 fully saturated rings. The standard InChI is InChI=1S/C12H14F3NO2/c1-3-18-10-5-4-9(6-8(10)2)7-16-11(17)12(13,14)15/h4-6H,3,7H2,1-2H3,(H,16,17). The van der Waals surface area contributed by atoms with Crippen molar-refractivity contribution in [3.8, 4) is 5.75 Å². The maximum atomic E-state index is 12.0. The first-order chi connectivity index (χ1) is 8.34. The average molecular weight is 261 g/mol. The number of halogens is 3. The van der Waals surface area contributed by atoms with E-state index in [1.807, 2.05) is 12.2 Å². The summed E-state index contributed by atoms with van der Waals surface area (Å²) in [5, 5.41) is 1.81. The molecule has 100 valence electrons. The van der Waals surface area contributed by atoms with E-state index in [1.54, 1.807) is 25.1 Å². The van der Waals surface area contributed by atoms with Crippen molar-refractivity contribution < 1.29 is 22.7 Å². The Kier molecular flexibility index (Phi) is 4.58. The van der Waals surface area contributed by atoms with Crippen LogP contribution in [0.5, 0.6) is 5.75 Å². The van der Waals surface area contributed by atoms with Gasteiger partial charge in [0.15, 0.2) is 0 Å². The Hall–Kier alpha value is -1.72. The molecule has 0 aromatic heterocycles. The fourth-order valence-electron chi connectivity index (χ4n) is 1.42. The number of carbonyl (C=O) groups is 1. The van der Waals surface area contributed by atoms with Crippen molar-refractivity contribution in [2.24, 2.45) is 0 Å². The fourth-order valence-corrected chi connectivity index (χ4v) is 1.42. The highest BCUT2D eigenvalue weighted by Crippen LogP contribution is 2.19. The predicted octanol–water partition coefficient (Wildman–Crippen LogP) is 2.57. The number of ether oxygens (including phenoxy) is 1. The quantitative estimate of drug-likeness (QED) is 0.904. The SMILES string of the molecule is CCOc1ccc(CNC(=O)C(F)(F)F)cc1C. The Morgan fingerprint density at radius 2 is 2.06 bits per heavy atom. The van der Waals surface area contributed by atoms with Crippen LogP contribution >= 0.6 is 0 Å². The molecule has 0 radical (unpaired) electrons. The van der Waals surface area contributed by atoms with Crippen LogP contribution in [0.25, 0.3) is 0 Å². The summed E-state index contributed by atoms with van der Waals surface area (Å²) in [4.78, 5) is 10.6. The zero-order chi connectivity index (χ0) is 13.8. The molecule has 18 heavy (non-hydrogen) atoms. The molecule has 1 rings (SSSR count). The Bertz CT molecular complexity index is 430. The number of nitrogens with one attached hydrogen (secondary N) is 1. The Morgan fingerprint density at radius 3 is 2.56 bits per heavy atom. The van der Waals surface area contributed by atoms with E-state index in [4.69, 9.17) is 4.74 Å². The van der Waals surface area contributed by atoms with Crippen molar-refractivity contribution in [1.29, 1.82) is 0 Å². The van der Waals surface area contributed by atoms with Gasteiger partial charge in [-0.25, -0.2) is 0 Å². The molecule has 0 saturated heterocycles. The van der Waals surface area contributed by atoms with Crippen LogP contribution < -0.4 is 10.1 Å². The molecule has 0 spiro atoms. The maximum Gasteiger partial charge on any atom is 0.471 e. The summed E-state index contributed by atoms with van der Waals surface area (Å²) < 4.78 is 41.2. The van der Waals surface area contributed by atoms with Crippen LogP contribution in [0.4, 0.5) is 13.2 Å². The second-order valence-corrected chi connectivity index (χ2v) is 3.71. The first-order valence-electron chi connectivity index (χ1n) is 5.42. The molecular formula is C12H14F3NO2. The highest BCUT2D eigenvalue weighted by Gasteiger charge is 2.38. The van der Waals surface area contributed by atoms with Crippen LogP contribution in [0.15, 0.2) is 18.2 Å². The monoisotopic (exact) mass is 261 g/mol. The summed E-state index contributed by atoms with van der Waals surface area (Å²) in [6.45, 7) is 3.99. The van der Waals surface area contributed by atoms with Crippen molar-refractivity contribution in [3.63, 3.8) is 0 Å². The van der Waals surface area contributed by atoms with E-state index in [1.165, 1.54) is 0 Å². The molecule has 1 aromatic carbocycles. The molecule has 0 bridgehead atoms. The Morgan fingerprint density at radius 1 is 1.39 bits per heavy atom. The number of rotatable bonds is 4. The van der Waals surface area contributed by atoms with E-state index in [-0.39, 0.29) is 6.54 Å². The van der Waals surface area contributed by atoms with Gasteiger partial charge >= 0.3 is 12.1 Å². The van der Waals surface area contributed by atoms with Crippen LogP contribution in [-0.4, -0.2) is 18.7 Å². The van der Waals surface area contributed by atoms with Crippen LogP contribution in [-0.2, 0) is 11.3 Å². The second-order valence-electron chi connectivity index (χ2n) is 3.71. The molecule has 1 amide bonds. The molecule has 0 unspecified atom stereocenters. The third-order valence-electron chi connectivity index (χ3n) is 2.25. The molecule has 0 atom stereocenters. The molecule has 0 saturated carbocycles. The number of amides is 1. The number of hydrogen-bond donors (Lipinski definition) is 1. The number of benzene rings is 1. The summed E-state index contributed by atoms with van der Waals surface area (Å²) in [5.41, 5.74) is 1.41.